The second kappa shape index (κ2) is 4.09. The maximum Gasteiger partial charge on any atom is 0.116 e. The zero-order valence-electron chi connectivity index (χ0n) is 9.50. The van der Waals surface area contributed by atoms with E-state index in [0.717, 1.165) is 19.5 Å². The molecule has 1 aliphatic heterocycles. The summed E-state index contributed by atoms with van der Waals surface area (Å²) in [6.45, 7) is 1.92. The standard InChI is InChI=1S/C14H14N2O/c17-13-1-2-14-12(9-13)5-8-16(14)10-11-3-6-15-7-4-11/h1-4,6-7,9,17H,5,8,10H2. The lowest BCUT2D eigenvalue weighted by atomic mass is 10.1. The van der Waals surface area contributed by atoms with E-state index >= 15 is 0 Å². The molecule has 0 unspecified atom stereocenters. The number of fused-ring (bicyclic) bond motifs is 1. The quantitative estimate of drug-likeness (QED) is 0.854. The first kappa shape index (κ1) is 10.1. The lowest BCUT2D eigenvalue weighted by Gasteiger charge is -2.19. The summed E-state index contributed by atoms with van der Waals surface area (Å²) in [5.74, 6) is 0.356. The second-order valence-corrected chi connectivity index (χ2v) is 4.34. The van der Waals surface area contributed by atoms with Crippen LogP contribution in [0.15, 0.2) is 42.7 Å². The van der Waals surface area contributed by atoms with E-state index < -0.39 is 0 Å². The number of phenols is 1. The van der Waals surface area contributed by atoms with Crippen LogP contribution in [0.5, 0.6) is 5.75 Å². The van der Waals surface area contributed by atoms with E-state index in [9.17, 15) is 5.11 Å². The van der Waals surface area contributed by atoms with E-state index in [1.807, 2.05) is 36.7 Å². The fraction of sp³-hybridized carbons (Fsp3) is 0.214. The van der Waals surface area contributed by atoms with Crippen molar-refractivity contribution in [2.75, 3.05) is 11.4 Å². The topological polar surface area (TPSA) is 36.4 Å². The maximum absolute atomic E-state index is 9.45. The van der Waals surface area contributed by atoms with Crippen LogP contribution in [0.25, 0.3) is 0 Å². The second-order valence-electron chi connectivity index (χ2n) is 4.34. The van der Waals surface area contributed by atoms with Gasteiger partial charge in [0, 0.05) is 31.2 Å². The maximum atomic E-state index is 9.45. The highest BCUT2D eigenvalue weighted by Gasteiger charge is 2.19. The number of pyridine rings is 1. The molecule has 3 nitrogen and oxygen atoms in total. The van der Waals surface area contributed by atoms with E-state index in [0.29, 0.717) is 5.75 Å². The van der Waals surface area contributed by atoms with E-state index in [4.69, 9.17) is 0 Å². The molecule has 0 spiro atoms. The number of phenolic OH excluding ortho intramolecular Hbond substituents is 1. The smallest absolute Gasteiger partial charge is 0.116 e. The van der Waals surface area contributed by atoms with Crippen molar-refractivity contribution in [2.24, 2.45) is 0 Å². The third-order valence-corrected chi connectivity index (χ3v) is 3.18. The highest BCUT2D eigenvalue weighted by Crippen LogP contribution is 2.31. The van der Waals surface area contributed by atoms with Crippen molar-refractivity contribution in [3.05, 3.63) is 53.9 Å². The molecule has 1 aromatic heterocycles. The number of benzene rings is 1. The van der Waals surface area contributed by atoms with Crippen molar-refractivity contribution < 1.29 is 5.11 Å². The molecule has 2 heterocycles. The van der Waals surface area contributed by atoms with Crippen molar-refractivity contribution in [1.29, 1.82) is 0 Å². The molecule has 3 rings (SSSR count). The first-order valence-electron chi connectivity index (χ1n) is 5.79. The van der Waals surface area contributed by atoms with Crippen LogP contribution in [0.4, 0.5) is 5.69 Å². The molecular formula is C14H14N2O. The van der Waals surface area contributed by atoms with Gasteiger partial charge in [0.2, 0.25) is 0 Å². The Morgan fingerprint density at radius 2 is 2.00 bits per heavy atom. The van der Waals surface area contributed by atoms with Crippen LogP contribution in [-0.4, -0.2) is 16.6 Å². The number of aromatic nitrogens is 1. The molecule has 1 N–H and O–H groups in total. The molecule has 0 saturated heterocycles. The molecule has 1 aromatic carbocycles. The van der Waals surface area contributed by atoms with Crippen molar-refractivity contribution in [1.82, 2.24) is 4.98 Å². The highest BCUT2D eigenvalue weighted by molar-refractivity contribution is 5.60. The molecule has 1 aliphatic rings. The largest absolute Gasteiger partial charge is 0.508 e. The van der Waals surface area contributed by atoms with Crippen molar-refractivity contribution in [2.45, 2.75) is 13.0 Å². The van der Waals surface area contributed by atoms with Gasteiger partial charge in [0.05, 0.1) is 0 Å². The van der Waals surface area contributed by atoms with Crippen LogP contribution in [0.2, 0.25) is 0 Å². The summed E-state index contributed by atoms with van der Waals surface area (Å²) in [7, 11) is 0. The molecular weight excluding hydrogens is 212 g/mol. The fourth-order valence-corrected chi connectivity index (χ4v) is 2.33. The number of anilines is 1. The SMILES string of the molecule is Oc1ccc2c(c1)CCN2Cc1ccncc1. The molecule has 0 atom stereocenters. The Kier molecular flexibility index (Phi) is 2.44. The van der Waals surface area contributed by atoms with Crippen molar-refractivity contribution in [3.8, 4) is 5.75 Å². The van der Waals surface area contributed by atoms with Crippen LogP contribution in [0.1, 0.15) is 11.1 Å². The summed E-state index contributed by atoms with van der Waals surface area (Å²) in [6.07, 6.45) is 4.65. The van der Waals surface area contributed by atoms with Gasteiger partial charge in [-0.3, -0.25) is 4.98 Å². The van der Waals surface area contributed by atoms with Gasteiger partial charge in [-0.2, -0.15) is 0 Å². The highest BCUT2D eigenvalue weighted by atomic mass is 16.3. The van der Waals surface area contributed by atoms with Crippen LogP contribution < -0.4 is 4.90 Å². The van der Waals surface area contributed by atoms with Gasteiger partial charge >= 0.3 is 0 Å². The first-order chi connectivity index (χ1) is 8.33. The molecule has 17 heavy (non-hydrogen) atoms. The Morgan fingerprint density at radius 3 is 2.82 bits per heavy atom. The van der Waals surface area contributed by atoms with Crippen LogP contribution in [0.3, 0.4) is 0 Å². The van der Waals surface area contributed by atoms with Gasteiger partial charge in [-0.15, -0.1) is 0 Å². The summed E-state index contributed by atoms with van der Waals surface area (Å²) in [5, 5.41) is 9.45. The van der Waals surface area contributed by atoms with Gasteiger partial charge in [-0.25, -0.2) is 0 Å². The van der Waals surface area contributed by atoms with Gasteiger partial charge in [0.25, 0.3) is 0 Å². The fourth-order valence-electron chi connectivity index (χ4n) is 2.33. The molecule has 0 fully saturated rings. The summed E-state index contributed by atoms with van der Waals surface area (Å²) < 4.78 is 0. The van der Waals surface area contributed by atoms with Crippen molar-refractivity contribution >= 4 is 5.69 Å². The number of hydrogen-bond donors (Lipinski definition) is 1. The predicted molar refractivity (Wildman–Crippen MR) is 67.1 cm³/mol. The van der Waals surface area contributed by atoms with E-state index in [1.165, 1.54) is 16.8 Å². The zero-order chi connectivity index (χ0) is 11.7. The number of hydrogen-bond acceptors (Lipinski definition) is 3. The molecule has 2 aromatic rings. The number of rotatable bonds is 2. The minimum atomic E-state index is 0.356. The van der Waals surface area contributed by atoms with Gasteiger partial charge < -0.3 is 10.0 Å². The predicted octanol–water partition coefficient (Wildman–Crippen LogP) is 2.35. The monoisotopic (exact) mass is 226 g/mol. The van der Waals surface area contributed by atoms with Gasteiger partial charge in [0.15, 0.2) is 0 Å². The number of nitrogens with zero attached hydrogens (tertiary/aromatic N) is 2. The Labute approximate surface area is 100 Å². The van der Waals surface area contributed by atoms with Crippen molar-refractivity contribution in [3.63, 3.8) is 0 Å². The minimum absolute atomic E-state index is 0.356. The summed E-state index contributed by atoms with van der Waals surface area (Å²) in [6, 6.07) is 9.70. The van der Waals surface area contributed by atoms with Crippen LogP contribution >= 0.6 is 0 Å². The molecule has 0 amide bonds. The lowest BCUT2D eigenvalue weighted by molar-refractivity contribution is 0.475. The first-order valence-corrected chi connectivity index (χ1v) is 5.79. The van der Waals surface area contributed by atoms with Crippen LogP contribution in [-0.2, 0) is 13.0 Å². The third-order valence-electron chi connectivity index (χ3n) is 3.18. The normalized spacial score (nSPS) is 13.8. The average molecular weight is 226 g/mol. The third kappa shape index (κ3) is 1.96. The Balaban J connectivity index is 1.85. The molecule has 0 bridgehead atoms. The summed E-state index contributed by atoms with van der Waals surface area (Å²) in [4.78, 5) is 6.36. The van der Waals surface area contributed by atoms with E-state index in [-0.39, 0.29) is 0 Å². The molecule has 0 saturated carbocycles. The van der Waals surface area contributed by atoms with E-state index in [1.54, 1.807) is 6.07 Å². The zero-order valence-corrected chi connectivity index (χ0v) is 9.50. The summed E-state index contributed by atoms with van der Waals surface area (Å²) >= 11 is 0. The minimum Gasteiger partial charge on any atom is -0.508 e. The molecule has 3 heteroatoms. The van der Waals surface area contributed by atoms with E-state index in [2.05, 4.69) is 9.88 Å². The summed E-state index contributed by atoms with van der Waals surface area (Å²) in [5.41, 5.74) is 3.74. The molecule has 86 valence electrons. The average Bonchev–Trinajstić information content (AvgIpc) is 2.73. The lowest BCUT2D eigenvalue weighted by Crippen LogP contribution is -2.19. The van der Waals surface area contributed by atoms with Gasteiger partial charge in [-0.05, 0) is 47.9 Å². The van der Waals surface area contributed by atoms with Gasteiger partial charge in [-0.1, -0.05) is 0 Å². The van der Waals surface area contributed by atoms with Crippen LogP contribution in [0, 0.1) is 0 Å². The Hall–Kier alpha value is -2.03. The Bertz CT molecular complexity index is 525. The van der Waals surface area contributed by atoms with Gasteiger partial charge in [0.1, 0.15) is 5.75 Å². The molecule has 0 radical (unpaired) electrons. The number of aromatic hydroxyl groups is 1. The Morgan fingerprint density at radius 1 is 1.18 bits per heavy atom. The molecule has 0 aliphatic carbocycles.